The molecule has 82 valence electrons. The van der Waals surface area contributed by atoms with Gasteiger partial charge in [0.1, 0.15) is 0 Å². The van der Waals surface area contributed by atoms with Crippen LogP contribution in [-0.4, -0.2) is 19.8 Å². The van der Waals surface area contributed by atoms with E-state index in [9.17, 15) is 0 Å². The molecule has 2 rings (SSSR count). The Balaban J connectivity index is 1.79. The fourth-order valence-electron chi connectivity index (χ4n) is 1.95. The number of hydrogen-bond acceptors (Lipinski definition) is 2. The molecule has 1 heterocycles. The van der Waals surface area contributed by atoms with Crippen LogP contribution in [0.25, 0.3) is 0 Å². The number of rotatable bonds is 4. The topological polar surface area (TPSA) is 21.3 Å². The van der Waals surface area contributed by atoms with E-state index in [1.165, 1.54) is 12.0 Å². The highest BCUT2D eigenvalue weighted by Gasteiger charge is 2.16. The molecule has 1 saturated heterocycles. The van der Waals surface area contributed by atoms with Gasteiger partial charge in [-0.05, 0) is 24.8 Å². The van der Waals surface area contributed by atoms with Gasteiger partial charge in [-0.25, -0.2) is 0 Å². The lowest BCUT2D eigenvalue weighted by Gasteiger charge is -2.16. The van der Waals surface area contributed by atoms with E-state index < -0.39 is 0 Å². The molecule has 0 spiro atoms. The Morgan fingerprint density at radius 3 is 2.87 bits per heavy atom. The average Bonchev–Trinajstić information content (AvgIpc) is 2.80. The highest BCUT2D eigenvalue weighted by atomic mass is 16.5. The minimum absolute atomic E-state index is 0.437. The Bertz CT molecular complexity index is 280. The van der Waals surface area contributed by atoms with Gasteiger partial charge in [-0.3, -0.25) is 0 Å². The summed E-state index contributed by atoms with van der Waals surface area (Å²) in [6.07, 6.45) is 1.20. The minimum atomic E-state index is 0.437. The third kappa shape index (κ3) is 3.05. The molecule has 0 amide bonds. The second-order valence-corrected chi connectivity index (χ2v) is 4.27. The maximum atomic E-state index is 5.36. The molecule has 0 aliphatic carbocycles. The maximum absolute atomic E-state index is 5.36. The average molecular weight is 205 g/mol. The third-order valence-corrected chi connectivity index (χ3v) is 3.04. The monoisotopic (exact) mass is 205 g/mol. The molecule has 1 fully saturated rings. The lowest BCUT2D eigenvalue weighted by molar-refractivity contribution is 0.184. The van der Waals surface area contributed by atoms with Crippen molar-refractivity contribution in [3.63, 3.8) is 0 Å². The molecular weight excluding hydrogens is 186 g/mol. The lowest BCUT2D eigenvalue weighted by atomic mass is 10.1. The summed E-state index contributed by atoms with van der Waals surface area (Å²) in [4.78, 5) is 0. The highest BCUT2D eigenvalue weighted by molar-refractivity contribution is 5.17. The first kappa shape index (κ1) is 10.7. The van der Waals surface area contributed by atoms with Crippen LogP contribution >= 0.6 is 0 Å². The van der Waals surface area contributed by atoms with Crippen LogP contribution in [0.4, 0.5) is 0 Å². The van der Waals surface area contributed by atoms with Crippen LogP contribution in [0.5, 0.6) is 0 Å². The fourth-order valence-corrected chi connectivity index (χ4v) is 1.95. The van der Waals surface area contributed by atoms with Crippen LogP contribution < -0.4 is 5.32 Å². The van der Waals surface area contributed by atoms with Crippen molar-refractivity contribution in [1.82, 2.24) is 5.32 Å². The SMILES string of the molecule is C[C@@H](NCC1CCOC1)c1ccccc1. The van der Waals surface area contributed by atoms with Crippen LogP contribution in [0.3, 0.4) is 0 Å². The summed E-state index contributed by atoms with van der Waals surface area (Å²) < 4.78 is 5.36. The summed E-state index contributed by atoms with van der Waals surface area (Å²) in [5.41, 5.74) is 1.36. The Kier molecular flexibility index (Phi) is 3.75. The summed E-state index contributed by atoms with van der Waals surface area (Å²) in [6.45, 7) is 5.14. The fraction of sp³-hybridized carbons (Fsp3) is 0.538. The Labute approximate surface area is 91.6 Å². The Morgan fingerprint density at radius 1 is 1.40 bits per heavy atom. The largest absolute Gasteiger partial charge is 0.381 e. The van der Waals surface area contributed by atoms with Gasteiger partial charge in [0.15, 0.2) is 0 Å². The molecule has 2 nitrogen and oxygen atoms in total. The van der Waals surface area contributed by atoms with Gasteiger partial charge in [0.25, 0.3) is 0 Å². The van der Waals surface area contributed by atoms with Crippen molar-refractivity contribution in [3.8, 4) is 0 Å². The number of hydrogen-bond donors (Lipinski definition) is 1. The molecule has 0 aromatic heterocycles. The molecule has 1 aliphatic heterocycles. The smallest absolute Gasteiger partial charge is 0.0507 e. The summed E-state index contributed by atoms with van der Waals surface area (Å²) in [7, 11) is 0. The van der Waals surface area contributed by atoms with Crippen LogP contribution in [-0.2, 0) is 4.74 Å². The molecular formula is C13H19NO. The quantitative estimate of drug-likeness (QED) is 0.815. The molecule has 2 heteroatoms. The maximum Gasteiger partial charge on any atom is 0.0507 e. The van der Waals surface area contributed by atoms with Crippen molar-refractivity contribution in [2.75, 3.05) is 19.8 Å². The predicted octanol–water partition coefficient (Wildman–Crippen LogP) is 2.37. The lowest BCUT2D eigenvalue weighted by Crippen LogP contribution is -2.25. The summed E-state index contributed by atoms with van der Waals surface area (Å²) in [5, 5.41) is 3.56. The van der Waals surface area contributed by atoms with Gasteiger partial charge in [-0.2, -0.15) is 0 Å². The standard InChI is InChI=1S/C13H19NO/c1-11(13-5-3-2-4-6-13)14-9-12-7-8-15-10-12/h2-6,11-12,14H,7-10H2,1H3/t11-,12?/m1/s1. The minimum Gasteiger partial charge on any atom is -0.381 e. The second-order valence-electron chi connectivity index (χ2n) is 4.27. The molecule has 1 N–H and O–H groups in total. The van der Waals surface area contributed by atoms with E-state index in [0.717, 1.165) is 19.8 Å². The molecule has 0 saturated carbocycles. The van der Waals surface area contributed by atoms with E-state index in [1.54, 1.807) is 0 Å². The molecule has 1 aromatic rings. The molecule has 0 bridgehead atoms. The van der Waals surface area contributed by atoms with Crippen molar-refractivity contribution in [2.45, 2.75) is 19.4 Å². The Morgan fingerprint density at radius 2 is 2.20 bits per heavy atom. The van der Waals surface area contributed by atoms with Gasteiger partial charge in [-0.1, -0.05) is 30.3 Å². The molecule has 1 aromatic carbocycles. The van der Waals surface area contributed by atoms with Gasteiger partial charge < -0.3 is 10.1 Å². The molecule has 15 heavy (non-hydrogen) atoms. The van der Waals surface area contributed by atoms with Crippen molar-refractivity contribution in [1.29, 1.82) is 0 Å². The van der Waals surface area contributed by atoms with Crippen molar-refractivity contribution >= 4 is 0 Å². The molecule has 1 unspecified atom stereocenters. The predicted molar refractivity (Wildman–Crippen MR) is 61.8 cm³/mol. The van der Waals surface area contributed by atoms with Crippen LogP contribution in [0.1, 0.15) is 24.9 Å². The summed E-state index contributed by atoms with van der Waals surface area (Å²) in [5.74, 6) is 0.705. The van der Waals surface area contributed by atoms with Crippen molar-refractivity contribution < 1.29 is 4.74 Å². The molecule has 1 aliphatic rings. The third-order valence-electron chi connectivity index (χ3n) is 3.04. The first-order valence-electron chi connectivity index (χ1n) is 5.72. The zero-order valence-electron chi connectivity index (χ0n) is 9.28. The number of ether oxygens (including phenoxy) is 1. The molecule has 2 atom stereocenters. The highest BCUT2D eigenvalue weighted by Crippen LogP contribution is 2.15. The van der Waals surface area contributed by atoms with Crippen LogP contribution in [0.15, 0.2) is 30.3 Å². The van der Waals surface area contributed by atoms with E-state index in [4.69, 9.17) is 4.74 Å². The van der Waals surface area contributed by atoms with Crippen LogP contribution in [0, 0.1) is 5.92 Å². The van der Waals surface area contributed by atoms with Gasteiger partial charge >= 0.3 is 0 Å². The zero-order valence-corrected chi connectivity index (χ0v) is 9.28. The van der Waals surface area contributed by atoms with Gasteiger partial charge in [0.2, 0.25) is 0 Å². The van der Waals surface area contributed by atoms with Gasteiger partial charge in [0, 0.05) is 19.2 Å². The number of nitrogens with one attached hydrogen (secondary N) is 1. The van der Waals surface area contributed by atoms with E-state index in [2.05, 4.69) is 42.6 Å². The van der Waals surface area contributed by atoms with E-state index in [1.807, 2.05) is 0 Å². The summed E-state index contributed by atoms with van der Waals surface area (Å²) in [6, 6.07) is 11.0. The van der Waals surface area contributed by atoms with Gasteiger partial charge in [0.05, 0.1) is 6.61 Å². The van der Waals surface area contributed by atoms with E-state index in [-0.39, 0.29) is 0 Å². The van der Waals surface area contributed by atoms with E-state index in [0.29, 0.717) is 12.0 Å². The van der Waals surface area contributed by atoms with Gasteiger partial charge in [-0.15, -0.1) is 0 Å². The summed E-state index contributed by atoms with van der Waals surface area (Å²) >= 11 is 0. The second kappa shape index (κ2) is 5.29. The normalized spacial score (nSPS) is 22.9. The first-order chi connectivity index (χ1) is 7.36. The zero-order chi connectivity index (χ0) is 10.5. The molecule has 0 radical (unpaired) electrons. The number of benzene rings is 1. The van der Waals surface area contributed by atoms with Crippen LogP contribution in [0.2, 0.25) is 0 Å². The van der Waals surface area contributed by atoms with Crippen molar-refractivity contribution in [2.24, 2.45) is 5.92 Å². The van der Waals surface area contributed by atoms with Crippen molar-refractivity contribution in [3.05, 3.63) is 35.9 Å². The Hall–Kier alpha value is -0.860. The first-order valence-corrected chi connectivity index (χ1v) is 5.72. The van der Waals surface area contributed by atoms with E-state index >= 15 is 0 Å².